The van der Waals surface area contributed by atoms with Crippen LogP contribution in [0, 0.1) is 6.92 Å². The average Bonchev–Trinajstić information content (AvgIpc) is 2.32. The first-order valence-electron chi connectivity index (χ1n) is 6.17. The van der Waals surface area contributed by atoms with Crippen LogP contribution in [-0.4, -0.2) is 11.7 Å². The fraction of sp³-hybridized carbons (Fsp3) is 0.467. The summed E-state index contributed by atoms with van der Waals surface area (Å²) in [6.45, 7) is 6.40. The fourth-order valence-corrected chi connectivity index (χ4v) is 1.37. The van der Waals surface area contributed by atoms with Crippen LogP contribution in [0.1, 0.15) is 44.2 Å². The van der Waals surface area contributed by atoms with Gasteiger partial charge < -0.3 is 5.11 Å². The Hall–Kier alpha value is -1.08. The minimum absolute atomic E-state index is 0.304. The first-order chi connectivity index (χ1) is 7.83. The second kappa shape index (κ2) is 10.4. The second-order valence-corrected chi connectivity index (χ2v) is 3.54. The van der Waals surface area contributed by atoms with E-state index in [-0.39, 0.29) is 0 Å². The minimum Gasteiger partial charge on any atom is -0.396 e. The quantitative estimate of drug-likeness (QED) is 0.737. The van der Waals surface area contributed by atoms with Crippen molar-refractivity contribution in [3.05, 3.63) is 41.5 Å². The van der Waals surface area contributed by atoms with Gasteiger partial charge in [-0.25, -0.2) is 0 Å². The number of rotatable bonds is 5. The van der Waals surface area contributed by atoms with Crippen LogP contribution in [0.25, 0.3) is 6.08 Å². The molecule has 1 heteroatoms. The minimum atomic E-state index is 0.304. The van der Waals surface area contributed by atoms with E-state index in [0.717, 1.165) is 19.3 Å². The molecule has 0 saturated carbocycles. The van der Waals surface area contributed by atoms with Crippen LogP contribution in [0.2, 0.25) is 0 Å². The van der Waals surface area contributed by atoms with Gasteiger partial charge in [0.25, 0.3) is 0 Å². The predicted octanol–water partition coefficient (Wildman–Crippen LogP) is 4.20. The number of hydrogen-bond donors (Lipinski definition) is 1. The zero-order chi connectivity index (χ0) is 12.2. The van der Waals surface area contributed by atoms with Crippen LogP contribution in [0.15, 0.2) is 30.3 Å². The number of allylic oxidation sites excluding steroid dienone is 1. The molecule has 0 fully saturated rings. The van der Waals surface area contributed by atoms with E-state index in [1.807, 2.05) is 13.8 Å². The highest BCUT2D eigenvalue weighted by Crippen LogP contribution is 2.07. The number of aliphatic hydroxyl groups excluding tert-OH is 1. The monoisotopic (exact) mass is 220 g/mol. The predicted molar refractivity (Wildman–Crippen MR) is 72.5 cm³/mol. The molecule has 0 spiro atoms. The first kappa shape index (κ1) is 14.9. The number of hydrogen-bond acceptors (Lipinski definition) is 1. The van der Waals surface area contributed by atoms with Crippen molar-refractivity contribution in [2.75, 3.05) is 6.61 Å². The van der Waals surface area contributed by atoms with E-state index in [9.17, 15) is 0 Å². The lowest BCUT2D eigenvalue weighted by atomic mass is 10.1. The number of aliphatic hydroxyl groups is 1. The molecule has 1 rings (SSSR count). The Kier molecular flexibility index (Phi) is 9.73. The Balaban J connectivity index is 0.00000106. The molecule has 16 heavy (non-hydrogen) atoms. The third kappa shape index (κ3) is 7.24. The third-order valence-electron chi connectivity index (χ3n) is 2.13. The van der Waals surface area contributed by atoms with Crippen LogP contribution in [0.4, 0.5) is 0 Å². The molecule has 0 amide bonds. The van der Waals surface area contributed by atoms with Gasteiger partial charge in [-0.05, 0) is 31.7 Å². The van der Waals surface area contributed by atoms with Crippen molar-refractivity contribution in [1.82, 2.24) is 0 Å². The molecule has 0 unspecified atom stereocenters. The van der Waals surface area contributed by atoms with Crippen LogP contribution in [0.3, 0.4) is 0 Å². The number of aryl methyl sites for hydroxylation is 1. The van der Waals surface area contributed by atoms with Crippen LogP contribution < -0.4 is 0 Å². The fourth-order valence-electron chi connectivity index (χ4n) is 1.37. The molecular weight excluding hydrogens is 196 g/mol. The molecule has 1 aromatic carbocycles. The van der Waals surface area contributed by atoms with Gasteiger partial charge in [-0.15, -0.1) is 0 Å². The second-order valence-electron chi connectivity index (χ2n) is 3.54. The summed E-state index contributed by atoms with van der Waals surface area (Å²) in [5, 5.41) is 8.59. The Morgan fingerprint density at radius 1 is 1.19 bits per heavy atom. The van der Waals surface area contributed by atoms with E-state index in [1.165, 1.54) is 11.1 Å². The third-order valence-corrected chi connectivity index (χ3v) is 2.13. The van der Waals surface area contributed by atoms with Gasteiger partial charge >= 0.3 is 0 Å². The molecule has 90 valence electrons. The lowest BCUT2D eigenvalue weighted by Crippen LogP contribution is -1.80. The molecule has 0 saturated heterocycles. The van der Waals surface area contributed by atoms with Crippen molar-refractivity contribution in [2.24, 2.45) is 0 Å². The van der Waals surface area contributed by atoms with E-state index >= 15 is 0 Å². The lowest BCUT2D eigenvalue weighted by molar-refractivity contribution is 0.285. The summed E-state index contributed by atoms with van der Waals surface area (Å²) in [5.41, 5.74) is 2.55. The van der Waals surface area contributed by atoms with Gasteiger partial charge in [-0.2, -0.15) is 0 Å². The molecule has 0 radical (unpaired) electrons. The van der Waals surface area contributed by atoms with Crippen molar-refractivity contribution < 1.29 is 5.11 Å². The Morgan fingerprint density at radius 3 is 2.56 bits per heavy atom. The topological polar surface area (TPSA) is 20.2 Å². The molecule has 0 aliphatic carbocycles. The molecule has 0 aliphatic heterocycles. The van der Waals surface area contributed by atoms with Crippen molar-refractivity contribution in [3.63, 3.8) is 0 Å². The summed E-state index contributed by atoms with van der Waals surface area (Å²) >= 11 is 0. The summed E-state index contributed by atoms with van der Waals surface area (Å²) < 4.78 is 0. The smallest absolute Gasteiger partial charge is 0.0431 e. The van der Waals surface area contributed by atoms with Gasteiger partial charge in [0, 0.05) is 6.61 Å². The maximum Gasteiger partial charge on any atom is 0.0431 e. The molecule has 0 heterocycles. The summed E-state index contributed by atoms with van der Waals surface area (Å²) in [4.78, 5) is 0. The highest BCUT2D eigenvalue weighted by Gasteiger charge is 1.87. The molecule has 0 aromatic heterocycles. The zero-order valence-electron chi connectivity index (χ0n) is 10.7. The van der Waals surface area contributed by atoms with Gasteiger partial charge in [0.2, 0.25) is 0 Å². The van der Waals surface area contributed by atoms with Gasteiger partial charge in [-0.1, -0.05) is 55.8 Å². The van der Waals surface area contributed by atoms with E-state index in [0.29, 0.717) is 6.61 Å². The van der Waals surface area contributed by atoms with E-state index in [1.54, 1.807) is 0 Å². The Bertz CT molecular complexity index is 289. The van der Waals surface area contributed by atoms with Crippen LogP contribution in [0.5, 0.6) is 0 Å². The van der Waals surface area contributed by atoms with Crippen molar-refractivity contribution in [1.29, 1.82) is 0 Å². The van der Waals surface area contributed by atoms with E-state index in [2.05, 4.69) is 43.3 Å². The molecule has 1 aromatic rings. The van der Waals surface area contributed by atoms with Crippen molar-refractivity contribution in [2.45, 2.75) is 40.0 Å². The van der Waals surface area contributed by atoms with Crippen molar-refractivity contribution in [3.8, 4) is 0 Å². The van der Waals surface area contributed by atoms with Gasteiger partial charge in [0.1, 0.15) is 0 Å². The Labute approximate surface area is 99.8 Å². The molecule has 1 N–H and O–H groups in total. The van der Waals surface area contributed by atoms with Crippen molar-refractivity contribution >= 4 is 6.08 Å². The Morgan fingerprint density at radius 2 is 1.94 bits per heavy atom. The summed E-state index contributed by atoms with van der Waals surface area (Å²) in [6.07, 6.45) is 7.33. The summed E-state index contributed by atoms with van der Waals surface area (Å²) in [6, 6.07) is 8.45. The molecule has 0 bridgehead atoms. The standard InChI is InChI=1S/C13H18O.C2H6/c1-12-7-6-9-13(11-12)8-4-2-3-5-10-14;1-2/h4,6-9,11,14H,2-3,5,10H2,1H3;1-2H3/b8-4+;. The maximum absolute atomic E-state index is 8.59. The van der Waals surface area contributed by atoms with Gasteiger partial charge in [0.15, 0.2) is 0 Å². The van der Waals surface area contributed by atoms with E-state index < -0.39 is 0 Å². The number of benzene rings is 1. The van der Waals surface area contributed by atoms with Crippen LogP contribution >= 0.6 is 0 Å². The maximum atomic E-state index is 8.59. The highest BCUT2D eigenvalue weighted by molar-refractivity contribution is 5.49. The number of unbranched alkanes of at least 4 members (excludes halogenated alkanes) is 2. The highest BCUT2D eigenvalue weighted by atomic mass is 16.2. The van der Waals surface area contributed by atoms with E-state index in [4.69, 9.17) is 5.11 Å². The zero-order valence-corrected chi connectivity index (χ0v) is 10.7. The SMILES string of the molecule is CC.Cc1cccc(/C=C/CCCCO)c1. The summed E-state index contributed by atoms with van der Waals surface area (Å²) in [5.74, 6) is 0. The average molecular weight is 220 g/mol. The van der Waals surface area contributed by atoms with Gasteiger partial charge in [0.05, 0.1) is 0 Å². The van der Waals surface area contributed by atoms with Crippen LogP contribution in [-0.2, 0) is 0 Å². The summed E-state index contributed by atoms with van der Waals surface area (Å²) in [7, 11) is 0. The largest absolute Gasteiger partial charge is 0.396 e. The first-order valence-corrected chi connectivity index (χ1v) is 6.17. The molecule has 0 atom stereocenters. The lowest BCUT2D eigenvalue weighted by Gasteiger charge is -1.95. The molecular formula is C15H24O. The normalized spacial score (nSPS) is 10.0. The molecule has 1 nitrogen and oxygen atoms in total. The van der Waals surface area contributed by atoms with Gasteiger partial charge in [-0.3, -0.25) is 0 Å². The molecule has 0 aliphatic rings.